The average Bonchev–Trinajstić information content (AvgIpc) is 2.39. The predicted octanol–water partition coefficient (Wildman–Crippen LogP) is 4.87. The Balaban J connectivity index is 2.21. The number of benzene rings is 1. The Labute approximate surface area is 135 Å². The van der Waals surface area contributed by atoms with Crippen molar-refractivity contribution in [3.8, 4) is 11.6 Å². The van der Waals surface area contributed by atoms with E-state index in [-0.39, 0.29) is 11.8 Å². The summed E-state index contributed by atoms with van der Waals surface area (Å²) in [5, 5.41) is 0.762. The minimum absolute atomic E-state index is 0.279. The van der Waals surface area contributed by atoms with Crippen molar-refractivity contribution in [1.82, 2.24) is 9.97 Å². The van der Waals surface area contributed by atoms with Gasteiger partial charge in [-0.05, 0) is 25.1 Å². The molecule has 0 fully saturated rings. The van der Waals surface area contributed by atoms with Gasteiger partial charge in [-0.3, -0.25) is 0 Å². The van der Waals surface area contributed by atoms with Gasteiger partial charge in [0.15, 0.2) is 5.82 Å². The van der Waals surface area contributed by atoms with Gasteiger partial charge >= 0.3 is 0 Å². The molecule has 20 heavy (non-hydrogen) atoms. The number of ether oxygens (including phenoxy) is 2. The van der Waals surface area contributed by atoms with E-state index < -0.39 is 0 Å². The molecular weight excluding hydrogens is 367 g/mol. The van der Waals surface area contributed by atoms with E-state index in [9.17, 15) is 0 Å². The summed E-state index contributed by atoms with van der Waals surface area (Å²) in [6.45, 7) is 2.75. The summed E-state index contributed by atoms with van der Waals surface area (Å²) in [4.78, 5) is 8.28. The number of hydrogen-bond donors (Lipinski definition) is 0. The summed E-state index contributed by atoms with van der Waals surface area (Å²) in [5.41, 5.74) is 0. The maximum absolute atomic E-state index is 6.09. The van der Waals surface area contributed by atoms with Crippen LogP contribution < -0.4 is 4.74 Å². The molecule has 0 atom stereocenters. The lowest BCUT2D eigenvalue weighted by Gasteiger charge is -2.08. The van der Waals surface area contributed by atoms with Crippen LogP contribution in [0.1, 0.15) is 12.7 Å². The van der Waals surface area contributed by atoms with Crippen LogP contribution >= 0.6 is 39.1 Å². The Kier molecular flexibility index (Phi) is 5.60. The summed E-state index contributed by atoms with van der Waals surface area (Å²) in [5.74, 6) is 1.28. The van der Waals surface area contributed by atoms with Gasteiger partial charge in [0.05, 0.1) is 5.02 Å². The van der Waals surface area contributed by atoms with Gasteiger partial charge < -0.3 is 9.47 Å². The highest BCUT2D eigenvalue weighted by Gasteiger charge is 2.08. The second-order valence-corrected chi connectivity index (χ2v) is 5.47. The van der Waals surface area contributed by atoms with E-state index in [1.165, 1.54) is 6.07 Å². The van der Waals surface area contributed by atoms with Crippen LogP contribution in [0.15, 0.2) is 28.7 Å². The molecule has 0 aliphatic heterocycles. The van der Waals surface area contributed by atoms with Crippen LogP contribution in [0.3, 0.4) is 0 Å². The molecule has 0 radical (unpaired) electrons. The fraction of sp³-hybridized carbons (Fsp3) is 0.231. The monoisotopic (exact) mass is 376 g/mol. The van der Waals surface area contributed by atoms with Gasteiger partial charge in [0.2, 0.25) is 5.88 Å². The van der Waals surface area contributed by atoms with E-state index in [1.54, 1.807) is 12.1 Å². The van der Waals surface area contributed by atoms with Crippen LogP contribution in [0.4, 0.5) is 0 Å². The zero-order valence-corrected chi connectivity index (χ0v) is 13.7. The van der Waals surface area contributed by atoms with Crippen molar-refractivity contribution in [1.29, 1.82) is 0 Å². The van der Waals surface area contributed by atoms with Crippen molar-refractivity contribution in [2.24, 2.45) is 0 Å². The zero-order valence-electron chi connectivity index (χ0n) is 10.6. The van der Waals surface area contributed by atoms with Crippen molar-refractivity contribution in [2.45, 2.75) is 13.5 Å². The molecule has 4 nitrogen and oxygen atoms in total. The molecule has 7 heteroatoms. The zero-order chi connectivity index (χ0) is 14.5. The maximum Gasteiger partial charge on any atom is 0.224 e. The van der Waals surface area contributed by atoms with Gasteiger partial charge in [-0.1, -0.05) is 39.1 Å². The third kappa shape index (κ3) is 4.31. The highest BCUT2D eigenvalue weighted by Crippen LogP contribution is 2.31. The van der Waals surface area contributed by atoms with Gasteiger partial charge in [-0.15, -0.1) is 0 Å². The van der Waals surface area contributed by atoms with Crippen LogP contribution in [0, 0.1) is 0 Å². The number of hydrogen-bond acceptors (Lipinski definition) is 4. The molecule has 2 rings (SSSR count). The SMILES string of the molecule is CCOCc1nc(Cl)cc(Oc2ccc(Br)cc2Cl)n1. The number of halogens is 3. The van der Waals surface area contributed by atoms with E-state index in [4.69, 9.17) is 32.7 Å². The summed E-state index contributed by atoms with van der Waals surface area (Å²) < 4.78 is 11.7. The first kappa shape index (κ1) is 15.5. The Morgan fingerprint density at radius 1 is 1.20 bits per heavy atom. The molecule has 106 valence electrons. The van der Waals surface area contributed by atoms with E-state index in [2.05, 4.69) is 25.9 Å². The van der Waals surface area contributed by atoms with Crippen LogP contribution in [0.2, 0.25) is 10.2 Å². The fourth-order valence-electron chi connectivity index (χ4n) is 1.42. The summed E-state index contributed by atoms with van der Waals surface area (Å²) >= 11 is 15.3. The van der Waals surface area contributed by atoms with Crippen molar-refractivity contribution in [3.63, 3.8) is 0 Å². The van der Waals surface area contributed by atoms with Crippen LogP contribution in [-0.2, 0) is 11.3 Å². The lowest BCUT2D eigenvalue weighted by molar-refractivity contribution is 0.128. The van der Waals surface area contributed by atoms with Crippen molar-refractivity contribution >= 4 is 39.1 Å². The predicted molar refractivity (Wildman–Crippen MR) is 81.6 cm³/mol. The number of rotatable bonds is 5. The van der Waals surface area contributed by atoms with Gasteiger partial charge in [0.25, 0.3) is 0 Å². The smallest absolute Gasteiger partial charge is 0.224 e. The molecule has 0 aliphatic rings. The first-order chi connectivity index (χ1) is 9.58. The molecule has 0 bridgehead atoms. The van der Waals surface area contributed by atoms with Crippen LogP contribution in [0.5, 0.6) is 11.6 Å². The van der Waals surface area contributed by atoms with Crippen LogP contribution in [0.25, 0.3) is 0 Å². The molecule has 1 aromatic carbocycles. The topological polar surface area (TPSA) is 44.2 Å². The summed E-state index contributed by atoms with van der Waals surface area (Å²) in [6, 6.07) is 6.83. The molecule has 0 N–H and O–H groups in total. The van der Waals surface area contributed by atoms with Gasteiger partial charge in [-0.2, -0.15) is 4.98 Å². The normalized spacial score (nSPS) is 10.6. The highest BCUT2D eigenvalue weighted by molar-refractivity contribution is 9.10. The van der Waals surface area contributed by atoms with Crippen molar-refractivity contribution < 1.29 is 9.47 Å². The van der Waals surface area contributed by atoms with E-state index in [0.29, 0.717) is 29.1 Å². The molecule has 0 saturated heterocycles. The minimum atomic E-state index is 0.279. The van der Waals surface area contributed by atoms with E-state index in [0.717, 1.165) is 4.47 Å². The Hall–Kier alpha value is -0.880. The molecule has 0 saturated carbocycles. The second-order valence-electron chi connectivity index (χ2n) is 3.76. The van der Waals surface area contributed by atoms with E-state index in [1.807, 2.05) is 13.0 Å². The molecule has 0 aliphatic carbocycles. The largest absolute Gasteiger partial charge is 0.437 e. The lowest BCUT2D eigenvalue weighted by atomic mass is 10.3. The Morgan fingerprint density at radius 3 is 2.70 bits per heavy atom. The summed E-state index contributed by atoms with van der Waals surface area (Å²) in [6.07, 6.45) is 0. The van der Waals surface area contributed by atoms with Gasteiger partial charge in [0, 0.05) is 17.1 Å². The third-order valence-electron chi connectivity index (χ3n) is 2.26. The van der Waals surface area contributed by atoms with Gasteiger partial charge in [-0.25, -0.2) is 4.98 Å². The fourth-order valence-corrected chi connectivity index (χ4v) is 2.33. The quantitative estimate of drug-likeness (QED) is 0.697. The second kappa shape index (κ2) is 7.22. The van der Waals surface area contributed by atoms with Crippen LogP contribution in [-0.4, -0.2) is 16.6 Å². The highest BCUT2D eigenvalue weighted by atomic mass is 79.9. The first-order valence-electron chi connectivity index (χ1n) is 5.82. The van der Waals surface area contributed by atoms with Crippen molar-refractivity contribution in [2.75, 3.05) is 6.61 Å². The van der Waals surface area contributed by atoms with Gasteiger partial charge in [0.1, 0.15) is 17.5 Å². The molecule has 0 spiro atoms. The molecule has 0 amide bonds. The molecule has 1 heterocycles. The molecular formula is C13H11BrCl2N2O2. The molecule has 1 aromatic heterocycles. The Morgan fingerprint density at radius 2 is 2.00 bits per heavy atom. The minimum Gasteiger partial charge on any atom is -0.437 e. The first-order valence-corrected chi connectivity index (χ1v) is 7.37. The average molecular weight is 378 g/mol. The molecule has 0 unspecified atom stereocenters. The lowest BCUT2D eigenvalue weighted by Crippen LogP contribution is -2.01. The Bertz CT molecular complexity index is 611. The third-order valence-corrected chi connectivity index (χ3v) is 3.24. The summed E-state index contributed by atoms with van der Waals surface area (Å²) in [7, 11) is 0. The number of aromatic nitrogens is 2. The standard InChI is InChI=1S/C13H11BrCl2N2O2/c1-2-19-7-12-17-11(16)6-13(18-12)20-10-4-3-8(14)5-9(10)15/h3-6H,2,7H2,1H3. The van der Waals surface area contributed by atoms with E-state index >= 15 is 0 Å². The number of nitrogens with zero attached hydrogens (tertiary/aromatic N) is 2. The van der Waals surface area contributed by atoms with Crippen molar-refractivity contribution in [3.05, 3.63) is 44.7 Å². The molecule has 2 aromatic rings. The maximum atomic E-state index is 6.09.